The lowest BCUT2D eigenvalue weighted by Gasteiger charge is -2.37. The zero-order valence-electron chi connectivity index (χ0n) is 23.6. The van der Waals surface area contributed by atoms with Crippen LogP contribution in [0.15, 0.2) is 52.9 Å². The monoisotopic (exact) mass is 534 g/mol. The van der Waals surface area contributed by atoms with Crippen molar-refractivity contribution in [2.75, 3.05) is 38.2 Å². The van der Waals surface area contributed by atoms with Crippen molar-refractivity contribution in [2.24, 2.45) is 0 Å². The lowest BCUT2D eigenvalue weighted by Crippen LogP contribution is -2.42. The molecule has 7 nitrogen and oxygen atoms in total. The average molecular weight is 535 g/mol. The smallest absolute Gasteiger partial charge is 0.258 e. The highest BCUT2D eigenvalue weighted by atomic mass is 16.5. The van der Waals surface area contributed by atoms with Crippen molar-refractivity contribution in [3.05, 3.63) is 82.2 Å². The fourth-order valence-electron chi connectivity index (χ4n) is 6.67. The Morgan fingerprint density at radius 2 is 1.68 bits per heavy atom. The van der Waals surface area contributed by atoms with Gasteiger partial charge in [-0.05, 0) is 111 Å². The van der Waals surface area contributed by atoms with E-state index in [1.165, 1.54) is 11.1 Å². The van der Waals surface area contributed by atoms with Crippen LogP contribution >= 0.6 is 0 Å². The van der Waals surface area contributed by atoms with Gasteiger partial charge in [0.1, 0.15) is 5.75 Å². The normalized spacial score (nSPS) is 17.6. The van der Waals surface area contributed by atoms with Gasteiger partial charge in [-0.3, -0.25) is 4.79 Å². The minimum atomic E-state index is 0.0583. The number of carbonyl (C=O) groups excluding carboxylic acids is 1. The summed E-state index contributed by atoms with van der Waals surface area (Å²) in [6.07, 6.45) is 3.05. The first kappa shape index (κ1) is 25.0. The number of nitrogens with zero attached hydrogens (tertiary/aromatic N) is 4. The molecule has 0 aliphatic carbocycles. The number of piperidine rings is 1. The number of hydrogen-bond acceptors (Lipinski definition) is 6. The van der Waals surface area contributed by atoms with Crippen molar-refractivity contribution in [3.63, 3.8) is 0 Å². The van der Waals surface area contributed by atoms with E-state index in [9.17, 15) is 4.79 Å². The van der Waals surface area contributed by atoms with Crippen molar-refractivity contribution in [1.29, 1.82) is 0 Å². The number of ether oxygens (including phenoxy) is 1. The van der Waals surface area contributed by atoms with E-state index in [2.05, 4.69) is 59.4 Å². The van der Waals surface area contributed by atoms with Gasteiger partial charge >= 0.3 is 0 Å². The van der Waals surface area contributed by atoms with E-state index in [-0.39, 0.29) is 11.3 Å². The first-order valence-corrected chi connectivity index (χ1v) is 14.1. The molecule has 204 valence electrons. The average Bonchev–Trinajstić information content (AvgIpc) is 3.66. The zero-order valence-corrected chi connectivity index (χ0v) is 23.6. The molecule has 7 heteroatoms. The number of amides is 1. The zero-order chi connectivity index (χ0) is 27.6. The molecule has 0 radical (unpaired) electrons. The summed E-state index contributed by atoms with van der Waals surface area (Å²) >= 11 is 0. The maximum atomic E-state index is 13.8. The molecule has 1 saturated heterocycles. The van der Waals surface area contributed by atoms with Gasteiger partial charge in [0, 0.05) is 41.3 Å². The summed E-state index contributed by atoms with van der Waals surface area (Å²) in [5.74, 6) is 2.16. The summed E-state index contributed by atoms with van der Waals surface area (Å²) < 4.78 is 11.8. The van der Waals surface area contributed by atoms with Crippen LogP contribution in [0.1, 0.15) is 51.3 Å². The number of rotatable bonds is 3. The van der Waals surface area contributed by atoms with Crippen LogP contribution < -0.4 is 9.64 Å². The first-order valence-electron chi connectivity index (χ1n) is 14.1. The van der Waals surface area contributed by atoms with Crippen LogP contribution in [0.25, 0.3) is 22.6 Å². The SMILES string of the molecule is Cc1nnc(-c2ccc(-c3ccc(C(=O)N4CCc5cc6c(cc54)C4(CCN(C)CC4)CO6)cc3C)cc2C)o1. The van der Waals surface area contributed by atoms with Gasteiger partial charge in [0.15, 0.2) is 0 Å². The minimum Gasteiger partial charge on any atom is -0.492 e. The van der Waals surface area contributed by atoms with E-state index in [0.29, 0.717) is 18.3 Å². The Hall–Kier alpha value is -3.97. The molecule has 1 fully saturated rings. The molecule has 0 saturated carbocycles. The number of likely N-dealkylation sites (tertiary alicyclic amines) is 1. The molecule has 3 aliphatic heterocycles. The third-order valence-electron chi connectivity index (χ3n) is 9.11. The van der Waals surface area contributed by atoms with Crippen molar-refractivity contribution < 1.29 is 13.9 Å². The number of aryl methyl sites for hydroxylation is 3. The Morgan fingerprint density at radius 3 is 2.40 bits per heavy atom. The van der Waals surface area contributed by atoms with Crippen LogP contribution in [0.2, 0.25) is 0 Å². The van der Waals surface area contributed by atoms with Gasteiger partial charge in [-0.15, -0.1) is 10.2 Å². The molecule has 1 aromatic heterocycles. The number of hydrogen-bond donors (Lipinski definition) is 0. The van der Waals surface area contributed by atoms with Crippen LogP contribution in [0.5, 0.6) is 5.75 Å². The second-order valence-electron chi connectivity index (χ2n) is 11.7. The van der Waals surface area contributed by atoms with E-state index in [4.69, 9.17) is 9.15 Å². The number of anilines is 1. The Balaban J connectivity index is 1.16. The summed E-state index contributed by atoms with van der Waals surface area (Å²) in [5, 5.41) is 8.11. The molecule has 4 aromatic rings. The van der Waals surface area contributed by atoms with Crippen LogP contribution in [-0.4, -0.2) is 54.3 Å². The van der Waals surface area contributed by atoms with E-state index in [1.54, 1.807) is 6.92 Å². The fraction of sp³-hybridized carbons (Fsp3) is 0.364. The van der Waals surface area contributed by atoms with E-state index >= 15 is 0 Å². The predicted octanol–water partition coefficient (Wildman–Crippen LogP) is 5.89. The molecule has 0 atom stereocenters. The van der Waals surface area contributed by atoms with Crippen molar-refractivity contribution in [1.82, 2.24) is 15.1 Å². The highest BCUT2D eigenvalue weighted by molar-refractivity contribution is 6.08. The Morgan fingerprint density at radius 1 is 0.900 bits per heavy atom. The Bertz CT molecular complexity index is 1650. The molecule has 7 rings (SSSR count). The summed E-state index contributed by atoms with van der Waals surface area (Å²) in [4.78, 5) is 18.2. The number of fused-ring (bicyclic) bond motifs is 3. The molecule has 0 N–H and O–H groups in total. The molecule has 4 heterocycles. The van der Waals surface area contributed by atoms with E-state index in [0.717, 1.165) is 83.8 Å². The van der Waals surface area contributed by atoms with Crippen molar-refractivity contribution in [3.8, 4) is 28.3 Å². The minimum absolute atomic E-state index is 0.0583. The summed E-state index contributed by atoms with van der Waals surface area (Å²) in [6.45, 7) is 9.52. The summed E-state index contributed by atoms with van der Waals surface area (Å²) in [7, 11) is 2.19. The summed E-state index contributed by atoms with van der Waals surface area (Å²) in [5.41, 5.74) is 9.60. The molecule has 0 unspecified atom stereocenters. The largest absolute Gasteiger partial charge is 0.492 e. The maximum Gasteiger partial charge on any atom is 0.258 e. The number of benzene rings is 3. The molecule has 40 heavy (non-hydrogen) atoms. The topological polar surface area (TPSA) is 71.7 Å². The molecule has 3 aliphatic rings. The van der Waals surface area contributed by atoms with Crippen LogP contribution in [0.3, 0.4) is 0 Å². The van der Waals surface area contributed by atoms with Crippen molar-refractivity contribution in [2.45, 2.75) is 45.4 Å². The van der Waals surface area contributed by atoms with Gasteiger partial charge in [-0.25, -0.2) is 0 Å². The van der Waals surface area contributed by atoms with Crippen molar-refractivity contribution >= 4 is 11.6 Å². The van der Waals surface area contributed by atoms with Crippen LogP contribution in [0.4, 0.5) is 5.69 Å². The molecule has 3 aromatic carbocycles. The Kier molecular flexibility index (Phi) is 5.82. The number of aromatic nitrogens is 2. The van der Waals surface area contributed by atoms with Gasteiger partial charge < -0.3 is 19.0 Å². The quantitative estimate of drug-likeness (QED) is 0.327. The predicted molar refractivity (Wildman–Crippen MR) is 155 cm³/mol. The second-order valence-corrected chi connectivity index (χ2v) is 11.7. The standard InChI is InChI=1S/C33H34N4O3/c1-20-16-25(6-7-26(20)23-5-8-27(21(2)15-23)31-35-34-22(3)40-31)32(38)37-12-9-24-17-30-28(18-29(24)37)33(19-39-30)10-13-36(4)14-11-33/h5-8,15-18H,9-14,19H2,1-4H3. The van der Waals surface area contributed by atoms with Crippen LogP contribution in [-0.2, 0) is 11.8 Å². The lowest BCUT2D eigenvalue weighted by atomic mass is 9.74. The molecule has 0 bridgehead atoms. The highest BCUT2D eigenvalue weighted by Gasteiger charge is 2.44. The Labute approximate surface area is 234 Å². The molecule has 1 amide bonds. The van der Waals surface area contributed by atoms with E-state index in [1.807, 2.05) is 30.0 Å². The maximum absolute atomic E-state index is 13.8. The molecular formula is C33H34N4O3. The third-order valence-corrected chi connectivity index (χ3v) is 9.11. The van der Waals surface area contributed by atoms with Gasteiger partial charge in [0.2, 0.25) is 11.8 Å². The van der Waals surface area contributed by atoms with E-state index < -0.39 is 0 Å². The third kappa shape index (κ3) is 4.03. The first-order chi connectivity index (χ1) is 19.3. The molecule has 1 spiro atoms. The highest BCUT2D eigenvalue weighted by Crippen LogP contribution is 2.49. The fourth-order valence-corrected chi connectivity index (χ4v) is 6.67. The number of carbonyl (C=O) groups is 1. The van der Waals surface area contributed by atoms with Crippen LogP contribution in [0, 0.1) is 20.8 Å². The lowest BCUT2D eigenvalue weighted by molar-refractivity contribution is 0.0989. The second kappa shape index (κ2) is 9.30. The van der Waals surface area contributed by atoms with Gasteiger partial charge in [0.05, 0.1) is 6.61 Å². The van der Waals surface area contributed by atoms with Gasteiger partial charge in [0.25, 0.3) is 5.91 Å². The molecular weight excluding hydrogens is 500 g/mol. The van der Waals surface area contributed by atoms with Gasteiger partial charge in [-0.2, -0.15) is 0 Å². The van der Waals surface area contributed by atoms with Gasteiger partial charge in [-0.1, -0.05) is 18.2 Å². The summed E-state index contributed by atoms with van der Waals surface area (Å²) in [6, 6.07) is 16.7.